The molecule has 0 saturated heterocycles. The Hall–Kier alpha value is -1.24. The van der Waals surface area contributed by atoms with Gasteiger partial charge in [0.25, 0.3) is 0 Å². The number of hydrogen-bond acceptors (Lipinski definition) is 1. The van der Waals surface area contributed by atoms with E-state index in [1.807, 2.05) is 37.3 Å². The molecule has 0 fully saturated rings. The second-order valence-corrected chi connectivity index (χ2v) is 2.64. The lowest BCUT2D eigenvalue weighted by atomic mass is 10.1. The first-order valence-corrected chi connectivity index (χ1v) is 3.66. The Kier molecular flexibility index (Phi) is 2.73. The van der Waals surface area contributed by atoms with E-state index < -0.39 is 0 Å². The van der Waals surface area contributed by atoms with E-state index in [4.69, 9.17) is 5.11 Å². The van der Waals surface area contributed by atoms with Crippen LogP contribution >= 0.6 is 0 Å². The fourth-order valence-corrected chi connectivity index (χ4v) is 0.963. The van der Waals surface area contributed by atoms with Crippen LogP contribution in [0.5, 0.6) is 0 Å². The minimum Gasteiger partial charge on any atom is -0.516 e. The van der Waals surface area contributed by atoms with Gasteiger partial charge in [-0.1, -0.05) is 30.3 Å². The van der Waals surface area contributed by atoms with E-state index in [1.54, 1.807) is 0 Å². The fraction of sp³-hybridized carbons (Fsp3) is 0.200. The lowest BCUT2D eigenvalue weighted by Gasteiger charge is -1.98. The van der Waals surface area contributed by atoms with Crippen molar-refractivity contribution in [2.75, 3.05) is 0 Å². The van der Waals surface area contributed by atoms with Gasteiger partial charge in [-0.3, -0.25) is 0 Å². The van der Waals surface area contributed by atoms with Gasteiger partial charge in [-0.25, -0.2) is 0 Å². The third kappa shape index (κ3) is 2.46. The smallest absolute Gasteiger partial charge is 0.0784 e. The molecule has 0 amide bonds. The monoisotopic (exact) mass is 148 g/mol. The molecule has 0 radical (unpaired) electrons. The van der Waals surface area contributed by atoms with Gasteiger partial charge >= 0.3 is 0 Å². The first kappa shape index (κ1) is 7.86. The summed E-state index contributed by atoms with van der Waals surface area (Å²) in [5.74, 6) is 0. The molecule has 1 rings (SSSR count). The number of rotatable bonds is 2. The van der Waals surface area contributed by atoms with Gasteiger partial charge in [0.1, 0.15) is 0 Å². The highest BCUT2D eigenvalue weighted by atomic mass is 16.2. The predicted octanol–water partition coefficient (Wildman–Crippen LogP) is 2.69. The molecular weight excluding hydrogens is 136 g/mol. The molecule has 0 aromatic heterocycles. The molecule has 1 heteroatoms. The quantitative estimate of drug-likeness (QED) is 0.639. The van der Waals surface area contributed by atoms with Crippen LogP contribution in [0.2, 0.25) is 0 Å². The molecule has 1 aromatic carbocycles. The molecule has 0 saturated carbocycles. The maximum absolute atomic E-state index is 8.63. The van der Waals surface area contributed by atoms with Crippen LogP contribution < -0.4 is 0 Å². The highest BCUT2D eigenvalue weighted by Crippen LogP contribution is 2.05. The van der Waals surface area contributed by atoms with Gasteiger partial charge in [-0.15, -0.1) is 0 Å². The molecule has 0 bridgehead atoms. The molecule has 0 aliphatic rings. The van der Waals surface area contributed by atoms with Crippen LogP contribution in [0.25, 0.3) is 0 Å². The molecule has 0 heterocycles. The maximum atomic E-state index is 8.63. The van der Waals surface area contributed by atoms with Crippen LogP contribution in [0.1, 0.15) is 12.5 Å². The summed E-state index contributed by atoms with van der Waals surface area (Å²) < 4.78 is 0. The lowest BCUT2D eigenvalue weighted by Crippen LogP contribution is -1.85. The van der Waals surface area contributed by atoms with E-state index in [0.29, 0.717) is 0 Å². The zero-order chi connectivity index (χ0) is 8.10. The van der Waals surface area contributed by atoms with Gasteiger partial charge in [-0.2, -0.15) is 0 Å². The Bertz CT molecular complexity index is 236. The molecule has 11 heavy (non-hydrogen) atoms. The molecule has 1 N–H and O–H groups in total. The molecule has 0 aliphatic heterocycles. The van der Waals surface area contributed by atoms with Crippen LogP contribution in [-0.4, -0.2) is 5.11 Å². The Balaban J connectivity index is 2.65. The highest BCUT2D eigenvalue weighted by Gasteiger charge is 1.91. The normalized spacial score (nSPS) is 11.5. The largest absolute Gasteiger partial charge is 0.516 e. The van der Waals surface area contributed by atoms with Crippen molar-refractivity contribution in [3.05, 3.63) is 47.7 Å². The first-order valence-electron chi connectivity index (χ1n) is 3.66. The summed E-state index contributed by atoms with van der Waals surface area (Å²) in [6.07, 6.45) is 1.99. The maximum Gasteiger partial charge on any atom is 0.0784 e. The average molecular weight is 148 g/mol. The zero-order valence-electron chi connectivity index (χ0n) is 6.62. The van der Waals surface area contributed by atoms with E-state index in [2.05, 4.69) is 0 Å². The van der Waals surface area contributed by atoms with Crippen molar-refractivity contribution in [1.82, 2.24) is 0 Å². The topological polar surface area (TPSA) is 20.2 Å². The van der Waals surface area contributed by atoms with E-state index in [0.717, 1.165) is 18.3 Å². The van der Waals surface area contributed by atoms with Crippen molar-refractivity contribution >= 4 is 0 Å². The Morgan fingerprint density at radius 1 is 1.36 bits per heavy atom. The van der Waals surface area contributed by atoms with Gasteiger partial charge in [-0.05, 0) is 24.5 Å². The van der Waals surface area contributed by atoms with Gasteiger partial charge in [0.05, 0.1) is 6.26 Å². The molecule has 0 spiro atoms. The van der Waals surface area contributed by atoms with Gasteiger partial charge in [0, 0.05) is 0 Å². The lowest BCUT2D eigenvalue weighted by molar-refractivity contribution is 0.465. The summed E-state index contributed by atoms with van der Waals surface area (Å²) in [6.45, 7) is 1.91. The summed E-state index contributed by atoms with van der Waals surface area (Å²) in [6, 6.07) is 10.1. The molecule has 0 atom stereocenters. The molecule has 0 aliphatic carbocycles. The van der Waals surface area contributed by atoms with Gasteiger partial charge in [0.2, 0.25) is 0 Å². The summed E-state index contributed by atoms with van der Waals surface area (Å²) in [7, 11) is 0. The van der Waals surface area contributed by atoms with E-state index >= 15 is 0 Å². The third-order valence-electron chi connectivity index (χ3n) is 1.55. The summed E-state index contributed by atoms with van der Waals surface area (Å²) in [5, 5.41) is 8.63. The number of benzene rings is 1. The minimum atomic E-state index is 0.831. The molecular formula is C10H12O. The van der Waals surface area contributed by atoms with Crippen molar-refractivity contribution in [2.24, 2.45) is 0 Å². The molecule has 1 aromatic rings. The van der Waals surface area contributed by atoms with E-state index in [-0.39, 0.29) is 0 Å². The molecule has 0 unspecified atom stereocenters. The van der Waals surface area contributed by atoms with Crippen molar-refractivity contribution < 1.29 is 5.11 Å². The van der Waals surface area contributed by atoms with Crippen LogP contribution in [0.15, 0.2) is 42.2 Å². The third-order valence-corrected chi connectivity index (χ3v) is 1.55. The highest BCUT2D eigenvalue weighted by molar-refractivity contribution is 5.19. The molecule has 58 valence electrons. The van der Waals surface area contributed by atoms with Crippen molar-refractivity contribution in [3.63, 3.8) is 0 Å². The summed E-state index contributed by atoms with van der Waals surface area (Å²) in [4.78, 5) is 0. The van der Waals surface area contributed by atoms with Crippen LogP contribution in [-0.2, 0) is 6.42 Å². The van der Waals surface area contributed by atoms with Crippen LogP contribution in [0, 0.1) is 0 Å². The Morgan fingerprint density at radius 2 is 2.00 bits per heavy atom. The number of hydrogen-bond donors (Lipinski definition) is 1. The summed E-state index contributed by atoms with van der Waals surface area (Å²) in [5.41, 5.74) is 2.21. The number of aliphatic hydroxyl groups excluding tert-OH is 1. The second kappa shape index (κ2) is 3.81. The van der Waals surface area contributed by atoms with Gasteiger partial charge < -0.3 is 5.11 Å². The SMILES string of the molecule is C/C(=C\O)Cc1ccccc1. The average Bonchev–Trinajstić information content (AvgIpc) is 2.06. The Labute approximate surface area is 67.0 Å². The minimum absolute atomic E-state index is 0.831. The fourth-order valence-electron chi connectivity index (χ4n) is 0.963. The van der Waals surface area contributed by atoms with Crippen molar-refractivity contribution in [3.8, 4) is 0 Å². The standard InChI is InChI=1S/C10H12O/c1-9(8-11)7-10-5-3-2-4-6-10/h2-6,8,11H,7H2,1H3/b9-8+. The predicted molar refractivity (Wildman–Crippen MR) is 46.5 cm³/mol. The van der Waals surface area contributed by atoms with E-state index in [1.165, 1.54) is 5.56 Å². The molecule has 1 nitrogen and oxygen atoms in total. The van der Waals surface area contributed by atoms with Crippen molar-refractivity contribution in [1.29, 1.82) is 0 Å². The number of allylic oxidation sites excluding steroid dienone is 1. The Morgan fingerprint density at radius 3 is 2.55 bits per heavy atom. The van der Waals surface area contributed by atoms with Gasteiger partial charge in [0.15, 0.2) is 0 Å². The van der Waals surface area contributed by atoms with Crippen LogP contribution in [0.4, 0.5) is 0 Å². The first-order chi connectivity index (χ1) is 5.33. The van der Waals surface area contributed by atoms with Crippen molar-refractivity contribution in [2.45, 2.75) is 13.3 Å². The number of aliphatic hydroxyl groups is 1. The zero-order valence-corrected chi connectivity index (χ0v) is 6.62. The van der Waals surface area contributed by atoms with Crippen LogP contribution in [0.3, 0.4) is 0 Å². The van der Waals surface area contributed by atoms with E-state index in [9.17, 15) is 0 Å². The second-order valence-electron chi connectivity index (χ2n) is 2.64. The summed E-state index contributed by atoms with van der Waals surface area (Å²) >= 11 is 0.